The minimum absolute atomic E-state index is 0.0514. The van der Waals surface area contributed by atoms with Crippen LogP contribution >= 0.6 is 0 Å². The standard InChI is InChI=1S/C15H22N2O/c1-11(2)14(17)15(18)13(8-9-16)10-12-6-4-3-5-7-12/h3-9,11,13-14H,10,16-17H2,1-2H3/t13-,14+/m1/s1. The van der Waals surface area contributed by atoms with Crippen LogP contribution in [0.25, 0.3) is 0 Å². The van der Waals surface area contributed by atoms with Gasteiger partial charge < -0.3 is 11.5 Å². The van der Waals surface area contributed by atoms with Crippen LogP contribution in [0.15, 0.2) is 42.6 Å². The molecule has 0 aliphatic rings. The maximum Gasteiger partial charge on any atom is 0.156 e. The molecule has 0 spiro atoms. The summed E-state index contributed by atoms with van der Waals surface area (Å²) in [5.74, 6) is -0.0488. The third-order valence-electron chi connectivity index (χ3n) is 3.05. The van der Waals surface area contributed by atoms with Gasteiger partial charge >= 0.3 is 0 Å². The van der Waals surface area contributed by atoms with E-state index >= 15 is 0 Å². The van der Waals surface area contributed by atoms with Gasteiger partial charge in [0.05, 0.1) is 6.04 Å². The Kier molecular flexibility index (Phi) is 5.59. The quantitative estimate of drug-likeness (QED) is 0.805. The van der Waals surface area contributed by atoms with Crippen molar-refractivity contribution in [2.24, 2.45) is 23.3 Å². The summed E-state index contributed by atoms with van der Waals surface area (Å²) in [7, 11) is 0. The van der Waals surface area contributed by atoms with Gasteiger partial charge in [0.15, 0.2) is 5.78 Å². The number of rotatable bonds is 6. The third-order valence-corrected chi connectivity index (χ3v) is 3.05. The van der Waals surface area contributed by atoms with Crippen molar-refractivity contribution in [1.82, 2.24) is 0 Å². The molecule has 0 heterocycles. The van der Waals surface area contributed by atoms with Crippen LogP contribution in [-0.2, 0) is 11.2 Å². The van der Waals surface area contributed by atoms with Gasteiger partial charge in [0.25, 0.3) is 0 Å². The molecule has 0 saturated carbocycles. The average molecular weight is 246 g/mol. The van der Waals surface area contributed by atoms with Crippen molar-refractivity contribution in [1.29, 1.82) is 0 Å². The Balaban J connectivity index is 2.80. The fourth-order valence-electron chi connectivity index (χ4n) is 1.84. The molecule has 3 heteroatoms. The maximum absolute atomic E-state index is 12.2. The smallest absolute Gasteiger partial charge is 0.156 e. The Morgan fingerprint density at radius 2 is 1.89 bits per heavy atom. The minimum atomic E-state index is -0.435. The summed E-state index contributed by atoms with van der Waals surface area (Å²) < 4.78 is 0. The highest BCUT2D eigenvalue weighted by atomic mass is 16.1. The van der Waals surface area contributed by atoms with Crippen LogP contribution in [0.3, 0.4) is 0 Å². The highest BCUT2D eigenvalue weighted by Crippen LogP contribution is 2.15. The van der Waals surface area contributed by atoms with E-state index in [1.807, 2.05) is 44.2 Å². The highest BCUT2D eigenvalue weighted by Gasteiger charge is 2.24. The SMILES string of the molecule is CC(C)[C@H](N)C(=O)[C@H](C=CN)Cc1ccccc1. The molecule has 18 heavy (non-hydrogen) atoms. The molecule has 1 rings (SSSR count). The zero-order valence-corrected chi connectivity index (χ0v) is 11.0. The summed E-state index contributed by atoms with van der Waals surface area (Å²) in [4.78, 5) is 12.2. The van der Waals surface area contributed by atoms with Gasteiger partial charge in [-0.1, -0.05) is 50.3 Å². The number of carbonyl (C=O) groups excluding carboxylic acids is 1. The van der Waals surface area contributed by atoms with Gasteiger partial charge in [-0.15, -0.1) is 0 Å². The molecule has 0 aromatic heterocycles. The number of nitrogens with two attached hydrogens (primary N) is 2. The average Bonchev–Trinajstić information content (AvgIpc) is 2.37. The molecule has 0 unspecified atom stereocenters. The molecular weight excluding hydrogens is 224 g/mol. The van der Waals surface area contributed by atoms with E-state index in [4.69, 9.17) is 11.5 Å². The van der Waals surface area contributed by atoms with Crippen molar-refractivity contribution in [2.75, 3.05) is 0 Å². The van der Waals surface area contributed by atoms with E-state index in [2.05, 4.69) is 0 Å². The molecule has 1 aromatic carbocycles. The molecule has 4 N–H and O–H groups in total. The second kappa shape index (κ2) is 6.97. The monoisotopic (exact) mass is 246 g/mol. The predicted molar refractivity (Wildman–Crippen MR) is 74.8 cm³/mol. The fraction of sp³-hybridized carbons (Fsp3) is 0.400. The van der Waals surface area contributed by atoms with Crippen LogP contribution in [0, 0.1) is 11.8 Å². The first-order valence-electron chi connectivity index (χ1n) is 6.28. The summed E-state index contributed by atoms with van der Waals surface area (Å²) in [6, 6.07) is 9.46. The molecule has 3 nitrogen and oxygen atoms in total. The summed E-state index contributed by atoms with van der Waals surface area (Å²) in [6.45, 7) is 3.91. The van der Waals surface area contributed by atoms with Crippen LogP contribution in [0.1, 0.15) is 19.4 Å². The number of carbonyl (C=O) groups is 1. The topological polar surface area (TPSA) is 69.1 Å². The second-order valence-electron chi connectivity index (χ2n) is 4.85. The zero-order valence-electron chi connectivity index (χ0n) is 11.0. The van der Waals surface area contributed by atoms with E-state index in [0.717, 1.165) is 5.56 Å². The Morgan fingerprint density at radius 3 is 2.39 bits per heavy atom. The summed E-state index contributed by atoms with van der Waals surface area (Å²) >= 11 is 0. The van der Waals surface area contributed by atoms with Crippen LogP contribution in [0.5, 0.6) is 0 Å². The molecule has 98 valence electrons. The van der Waals surface area contributed by atoms with Crippen LogP contribution in [0.4, 0.5) is 0 Å². The van der Waals surface area contributed by atoms with Crippen molar-refractivity contribution in [3.63, 3.8) is 0 Å². The Labute approximate surface area is 109 Å². The lowest BCUT2D eigenvalue weighted by atomic mass is 9.87. The second-order valence-corrected chi connectivity index (χ2v) is 4.85. The summed E-state index contributed by atoms with van der Waals surface area (Å²) in [5.41, 5.74) is 12.5. The molecule has 0 radical (unpaired) electrons. The Morgan fingerprint density at radius 1 is 1.28 bits per heavy atom. The highest BCUT2D eigenvalue weighted by molar-refractivity contribution is 5.88. The number of allylic oxidation sites excluding steroid dienone is 1. The fourth-order valence-corrected chi connectivity index (χ4v) is 1.84. The zero-order chi connectivity index (χ0) is 13.5. The van der Waals surface area contributed by atoms with Crippen molar-refractivity contribution in [2.45, 2.75) is 26.3 Å². The number of benzene rings is 1. The van der Waals surface area contributed by atoms with Crippen LogP contribution in [0.2, 0.25) is 0 Å². The molecule has 2 atom stereocenters. The Bertz CT molecular complexity index is 398. The van der Waals surface area contributed by atoms with E-state index in [1.165, 1.54) is 6.20 Å². The molecule has 0 bridgehead atoms. The van der Waals surface area contributed by atoms with Gasteiger partial charge in [-0.3, -0.25) is 4.79 Å². The first-order valence-corrected chi connectivity index (χ1v) is 6.28. The molecule has 0 fully saturated rings. The van der Waals surface area contributed by atoms with Gasteiger partial charge in [0.1, 0.15) is 0 Å². The van der Waals surface area contributed by atoms with Gasteiger partial charge in [-0.05, 0) is 24.1 Å². The lowest BCUT2D eigenvalue weighted by molar-refractivity contribution is -0.123. The summed E-state index contributed by atoms with van der Waals surface area (Å²) in [6.07, 6.45) is 3.81. The van der Waals surface area contributed by atoms with E-state index in [0.29, 0.717) is 6.42 Å². The lowest BCUT2D eigenvalue weighted by Gasteiger charge is -2.19. The van der Waals surface area contributed by atoms with Crippen molar-refractivity contribution >= 4 is 5.78 Å². The van der Waals surface area contributed by atoms with Crippen molar-refractivity contribution in [3.8, 4) is 0 Å². The van der Waals surface area contributed by atoms with E-state index in [9.17, 15) is 4.79 Å². The van der Waals surface area contributed by atoms with Crippen molar-refractivity contribution < 1.29 is 4.79 Å². The number of hydrogen-bond donors (Lipinski definition) is 2. The molecule has 0 amide bonds. The molecule has 1 aromatic rings. The molecular formula is C15H22N2O. The number of hydrogen-bond acceptors (Lipinski definition) is 3. The lowest BCUT2D eigenvalue weighted by Crippen LogP contribution is -2.39. The van der Waals surface area contributed by atoms with Gasteiger partial charge in [-0.25, -0.2) is 0 Å². The summed E-state index contributed by atoms with van der Waals surface area (Å²) in [5, 5.41) is 0. The first-order chi connectivity index (χ1) is 8.56. The van der Waals surface area contributed by atoms with E-state index in [1.54, 1.807) is 6.08 Å². The molecule has 0 aliphatic carbocycles. The molecule has 0 saturated heterocycles. The van der Waals surface area contributed by atoms with E-state index in [-0.39, 0.29) is 17.6 Å². The minimum Gasteiger partial charge on any atom is -0.405 e. The Hall–Kier alpha value is -1.61. The largest absolute Gasteiger partial charge is 0.405 e. The van der Waals surface area contributed by atoms with Gasteiger partial charge in [0, 0.05) is 5.92 Å². The van der Waals surface area contributed by atoms with Gasteiger partial charge in [0.2, 0.25) is 0 Å². The van der Waals surface area contributed by atoms with Gasteiger partial charge in [-0.2, -0.15) is 0 Å². The van der Waals surface area contributed by atoms with Crippen LogP contribution < -0.4 is 11.5 Å². The van der Waals surface area contributed by atoms with Crippen LogP contribution in [-0.4, -0.2) is 11.8 Å². The van der Waals surface area contributed by atoms with Crippen molar-refractivity contribution in [3.05, 3.63) is 48.2 Å². The number of ketones is 1. The van der Waals surface area contributed by atoms with E-state index < -0.39 is 6.04 Å². The third kappa shape index (κ3) is 4.00. The first kappa shape index (κ1) is 14.5. The maximum atomic E-state index is 12.2. The normalized spacial score (nSPS) is 14.9. The molecule has 0 aliphatic heterocycles. The predicted octanol–water partition coefficient (Wildman–Crippen LogP) is 1.87. The number of Topliss-reactive ketones (excluding diaryl/α,β-unsaturated/α-hetero) is 1.